The molecule has 0 atom stereocenters. The van der Waals surface area contributed by atoms with Crippen LogP contribution in [0.25, 0.3) is 0 Å². The largest absolute Gasteiger partial charge is 0.272 e. The second-order valence-electron chi connectivity index (χ2n) is 5.54. The molecule has 0 heterocycles. The van der Waals surface area contributed by atoms with Crippen molar-refractivity contribution >= 4 is 34.7 Å². The zero-order valence-electron chi connectivity index (χ0n) is 13.5. The fourth-order valence-electron chi connectivity index (χ4n) is 2.57. The Morgan fingerprint density at radius 2 is 1.36 bits per heavy atom. The number of benzene rings is 3. The quantitative estimate of drug-likeness (QED) is 0.353. The molecule has 0 saturated heterocycles. The zero-order chi connectivity index (χ0) is 17.5. The van der Waals surface area contributed by atoms with Crippen molar-refractivity contribution in [1.82, 2.24) is 5.43 Å². The number of hydrogen-bond donors (Lipinski definition) is 1. The molecular formula is C21H17IN2O. The molecule has 1 amide bonds. The van der Waals surface area contributed by atoms with Gasteiger partial charge in [-0.1, -0.05) is 72.8 Å². The van der Waals surface area contributed by atoms with E-state index in [-0.39, 0.29) is 5.91 Å². The Morgan fingerprint density at radius 3 is 1.88 bits per heavy atom. The predicted octanol–water partition coefficient (Wildman–Crippen LogP) is 4.57. The van der Waals surface area contributed by atoms with Crippen molar-refractivity contribution in [3.8, 4) is 0 Å². The number of hydrazone groups is 1. The molecule has 0 fully saturated rings. The van der Waals surface area contributed by atoms with Gasteiger partial charge in [0.1, 0.15) is 0 Å². The minimum Gasteiger partial charge on any atom is -0.272 e. The van der Waals surface area contributed by atoms with Gasteiger partial charge in [-0.3, -0.25) is 4.79 Å². The van der Waals surface area contributed by atoms with Crippen LogP contribution in [0.4, 0.5) is 0 Å². The topological polar surface area (TPSA) is 41.5 Å². The van der Waals surface area contributed by atoms with E-state index in [4.69, 9.17) is 0 Å². The SMILES string of the molecule is O=C(N/N=C/c1ccc(I)cc1)C(c1ccccc1)c1ccccc1. The van der Waals surface area contributed by atoms with E-state index in [0.29, 0.717) is 0 Å². The first-order valence-electron chi connectivity index (χ1n) is 7.92. The Hall–Kier alpha value is -2.47. The second-order valence-corrected chi connectivity index (χ2v) is 6.79. The van der Waals surface area contributed by atoms with Crippen molar-refractivity contribution in [3.63, 3.8) is 0 Å². The van der Waals surface area contributed by atoms with Crippen molar-refractivity contribution in [1.29, 1.82) is 0 Å². The molecule has 1 N–H and O–H groups in total. The van der Waals surface area contributed by atoms with Crippen molar-refractivity contribution in [2.45, 2.75) is 5.92 Å². The molecule has 4 heteroatoms. The molecular weight excluding hydrogens is 423 g/mol. The third-order valence-electron chi connectivity index (χ3n) is 3.79. The summed E-state index contributed by atoms with van der Waals surface area (Å²) >= 11 is 2.25. The molecule has 3 rings (SSSR count). The Morgan fingerprint density at radius 1 is 0.840 bits per heavy atom. The molecule has 3 nitrogen and oxygen atoms in total. The second kappa shape index (κ2) is 8.58. The normalized spacial score (nSPS) is 11.0. The van der Waals surface area contributed by atoms with E-state index in [1.807, 2.05) is 84.9 Å². The van der Waals surface area contributed by atoms with Gasteiger partial charge in [0.25, 0.3) is 5.91 Å². The lowest BCUT2D eigenvalue weighted by molar-refractivity contribution is -0.121. The summed E-state index contributed by atoms with van der Waals surface area (Å²) in [5, 5.41) is 4.12. The van der Waals surface area contributed by atoms with Crippen molar-refractivity contribution in [3.05, 3.63) is 105 Å². The number of rotatable bonds is 5. The molecule has 3 aromatic rings. The summed E-state index contributed by atoms with van der Waals surface area (Å²) in [4.78, 5) is 12.8. The van der Waals surface area contributed by atoms with Crippen LogP contribution < -0.4 is 5.43 Å². The smallest absolute Gasteiger partial charge is 0.252 e. The molecule has 124 valence electrons. The number of hydrogen-bond acceptors (Lipinski definition) is 2. The first-order valence-corrected chi connectivity index (χ1v) is 9.00. The predicted molar refractivity (Wildman–Crippen MR) is 110 cm³/mol. The third kappa shape index (κ3) is 4.76. The maximum absolute atomic E-state index is 12.8. The maximum atomic E-state index is 12.8. The molecule has 0 saturated carbocycles. The van der Waals surface area contributed by atoms with Crippen LogP contribution in [0.2, 0.25) is 0 Å². The van der Waals surface area contributed by atoms with Gasteiger partial charge in [0.15, 0.2) is 0 Å². The van der Waals surface area contributed by atoms with Gasteiger partial charge in [-0.2, -0.15) is 5.10 Å². The van der Waals surface area contributed by atoms with Gasteiger partial charge in [-0.25, -0.2) is 5.43 Å². The number of halogens is 1. The van der Waals surface area contributed by atoms with Gasteiger partial charge in [0.2, 0.25) is 0 Å². The van der Waals surface area contributed by atoms with Crippen LogP contribution in [0.15, 0.2) is 90.0 Å². The molecule has 0 aliphatic heterocycles. The number of nitrogens with zero attached hydrogens (tertiary/aromatic N) is 1. The van der Waals surface area contributed by atoms with Gasteiger partial charge < -0.3 is 0 Å². The van der Waals surface area contributed by atoms with Crippen LogP contribution in [0.3, 0.4) is 0 Å². The van der Waals surface area contributed by atoms with E-state index >= 15 is 0 Å². The van der Waals surface area contributed by atoms with E-state index < -0.39 is 5.92 Å². The minimum atomic E-state index is -0.392. The number of amides is 1. The summed E-state index contributed by atoms with van der Waals surface area (Å²) < 4.78 is 1.16. The van der Waals surface area contributed by atoms with Crippen molar-refractivity contribution in [2.75, 3.05) is 0 Å². The molecule has 0 aliphatic rings. The van der Waals surface area contributed by atoms with E-state index in [9.17, 15) is 4.79 Å². The summed E-state index contributed by atoms with van der Waals surface area (Å²) in [6.07, 6.45) is 1.65. The highest BCUT2D eigenvalue weighted by atomic mass is 127. The maximum Gasteiger partial charge on any atom is 0.252 e. The van der Waals surface area contributed by atoms with E-state index in [1.54, 1.807) is 6.21 Å². The standard InChI is InChI=1S/C21H17IN2O/c22-19-13-11-16(12-14-19)15-23-24-21(25)20(17-7-3-1-4-8-17)18-9-5-2-6-10-18/h1-15,20H,(H,24,25)/b23-15+. The molecule has 25 heavy (non-hydrogen) atoms. The molecule has 0 aromatic heterocycles. The summed E-state index contributed by atoms with van der Waals surface area (Å²) in [6.45, 7) is 0. The summed E-state index contributed by atoms with van der Waals surface area (Å²) in [5.41, 5.74) is 5.49. The van der Waals surface area contributed by atoms with Gasteiger partial charge in [-0.15, -0.1) is 0 Å². The summed E-state index contributed by atoms with van der Waals surface area (Å²) in [5.74, 6) is -0.546. The zero-order valence-corrected chi connectivity index (χ0v) is 15.6. The van der Waals surface area contributed by atoms with Crippen LogP contribution in [-0.2, 0) is 4.79 Å². The van der Waals surface area contributed by atoms with Gasteiger partial charge in [-0.05, 0) is 51.4 Å². The van der Waals surface area contributed by atoms with Gasteiger partial charge >= 0.3 is 0 Å². The molecule has 0 spiro atoms. The Bertz CT molecular complexity index is 807. The lowest BCUT2D eigenvalue weighted by atomic mass is 9.91. The van der Waals surface area contributed by atoms with E-state index in [1.165, 1.54) is 0 Å². The van der Waals surface area contributed by atoms with Gasteiger partial charge in [0.05, 0.1) is 12.1 Å². The molecule has 0 radical (unpaired) electrons. The number of carbonyl (C=O) groups excluding carboxylic acids is 1. The number of carbonyl (C=O) groups is 1. The fraction of sp³-hybridized carbons (Fsp3) is 0.0476. The van der Waals surface area contributed by atoms with Crippen LogP contribution in [0.5, 0.6) is 0 Å². The summed E-state index contributed by atoms with van der Waals surface area (Å²) in [7, 11) is 0. The Balaban J connectivity index is 1.79. The Kier molecular flexibility index (Phi) is 5.95. The third-order valence-corrected chi connectivity index (χ3v) is 4.51. The minimum absolute atomic E-state index is 0.154. The first-order chi connectivity index (χ1) is 12.2. The van der Waals surface area contributed by atoms with Crippen LogP contribution in [0, 0.1) is 3.57 Å². The summed E-state index contributed by atoms with van der Waals surface area (Å²) in [6, 6.07) is 27.4. The highest BCUT2D eigenvalue weighted by Crippen LogP contribution is 2.24. The van der Waals surface area contributed by atoms with E-state index in [2.05, 4.69) is 33.1 Å². The molecule has 3 aromatic carbocycles. The highest BCUT2D eigenvalue weighted by molar-refractivity contribution is 14.1. The monoisotopic (exact) mass is 440 g/mol. The Labute approximate surface area is 160 Å². The van der Waals surface area contributed by atoms with Crippen LogP contribution >= 0.6 is 22.6 Å². The van der Waals surface area contributed by atoms with Crippen molar-refractivity contribution in [2.24, 2.45) is 5.10 Å². The lowest BCUT2D eigenvalue weighted by Gasteiger charge is -2.16. The highest BCUT2D eigenvalue weighted by Gasteiger charge is 2.22. The van der Waals surface area contributed by atoms with Crippen LogP contribution in [-0.4, -0.2) is 12.1 Å². The van der Waals surface area contributed by atoms with Gasteiger partial charge in [0, 0.05) is 3.57 Å². The van der Waals surface area contributed by atoms with E-state index in [0.717, 1.165) is 20.3 Å². The molecule has 0 bridgehead atoms. The van der Waals surface area contributed by atoms with Crippen molar-refractivity contribution < 1.29 is 4.79 Å². The molecule has 0 aliphatic carbocycles. The molecule has 0 unspecified atom stereocenters. The first kappa shape index (κ1) is 17.4. The van der Waals surface area contributed by atoms with Crippen LogP contribution in [0.1, 0.15) is 22.6 Å². The fourth-order valence-corrected chi connectivity index (χ4v) is 2.93. The number of nitrogens with one attached hydrogen (secondary N) is 1. The average molecular weight is 440 g/mol. The lowest BCUT2D eigenvalue weighted by Crippen LogP contribution is -2.26. The average Bonchev–Trinajstić information content (AvgIpc) is 2.65.